The molecule has 0 spiro atoms. The molecule has 1 heterocycles. The summed E-state index contributed by atoms with van der Waals surface area (Å²) in [5.74, 6) is -3.53. The van der Waals surface area contributed by atoms with Crippen molar-refractivity contribution in [2.24, 2.45) is 0 Å². The van der Waals surface area contributed by atoms with Crippen LogP contribution in [0.1, 0.15) is 16.7 Å². The molecule has 0 radical (unpaired) electrons. The van der Waals surface area contributed by atoms with E-state index in [1.165, 1.54) is 24.3 Å². The normalized spacial score (nSPS) is 13.6. The molecule has 0 atom stereocenters. The molecule has 0 saturated carbocycles. The van der Waals surface area contributed by atoms with Crippen LogP contribution in [0.4, 0.5) is 25.8 Å². The Hall–Kier alpha value is -4.40. The smallest absolute Gasteiger partial charge is 0.282 e. The zero-order chi connectivity index (χ0) is 23.9. The summed E-state index contributed by atoms with van der Waals surface area (Å²) in [6.45, 7) is 3.66. The van der Waals surface area contributed by atoms with Gasteiger partial charge in [0.25, 0.3) is 17.5 Å². The molecule has 2 amide bonds. The highest BCUT2D eigenvalue weighted by molar-refractivity contribution is 6.46. The average molecular weight is 449 g/mol. The molecule has 7 nitrogen and oxygen atoms in total. The van der Waals surface area contributed by atoms with E-state index in [-0.39, 0.29) is 22.5 Å². The summed E-state index contributed by atoms with van der Waals surface area (Å²) in [5.41, 5.74) is 1.46. The van der Waals surface area contributed by atoms with E-state index in [4.69, 9.17) is 0 Å². The predicted octanol–water partition coefficient (Wildman–Crippen LogP) is 4.89. The monoisotopic (exact) mass is 449 g/mol. The zero-order valence-corrected chi connectivity index (χ0v) is 17.6. The highest BCUT2D eigenvalue weighted by atomic mass is 19.1. The van der Waals surface area contributed by atoms with E-state index in [1.807, 2.05) is 19.1 Å². The number of rotatable bonds is 5. The molecule has 33 heavy (non-hydrogen) atoms. The Kier molecular flexibility index (Phi) is 5.47. The fourth-order valence-corrected chi connectivity index (χ4v) is 3.54. The Bertz CT molecular complexity index is 1350. The van der Waals surface area contributed by atoms with Crippen LogP contribution in [0.5, 0.6) is 0 Å². The molecule has 0 saturated heterocycles. The van der Waals surface area contributed by atoms with Crippen LogP contribution in [0.25, 0.3) is 5.57 Å². The van der Waals surface area contributed by atoms with Crippen LogP contribution in [-0.4, -0.2) is 16.7 Å². The average Bonchev–Trinajstić information content (AvgIpc) is 3.02. The third-order valence-corrected chi connectivity index (χ3v) is 5.25. The highest BCUT2D eigenvalue weighted by Gasteiger charge is 2.41. The molecule has 0 unspecified atom stereocenters. The molecule has 0 aromatic heterocycles. The fraction of sp³-hybridized carbons (Fsp3) is 0.0833. The van der Waals surface area contributed by atoms with Crippen molar-refractivity contribution in [2.45, 2.75) is 13.8 Å². The summed E-state index contributed by atoms with van der Waals surface area (Å²) in [6.07, 6.45) is 0. The molecule has 1 N–H and O–H groups in total. The SMILES string of the molecule is Cc1ccc(C)c(NC2=C(c3ccc([N+](=O)[O-])cc3)C(=O)N(c3cc(F)ccc3F)C2=O)c1. The number of nitro benzene ring substituents is 1. The number of hydrogen-bond acceptors (Lipinski definition) is 5. The number of imide groups is 1. The van der Waals surface area contributed by atoms with Gasteiger partial charge in [0.05, 0.1) is 16.2 Å². The van der Waals surface area contributed by atoms with Crippen molar-refractivity contribution in [1.29, 1.82) is 0 Å². The van der Waals surface area contributed by atoms with Gasteiger partial charge >= 0.3 is 0 Å². The number of benzene rings is 3. The van der Waals surface area contributed by atoms with Gasteiger partial charge in [-0.25, -0.2) is 13.7 Å². The lowest BCUT2D eigenvalue weighted by Crippen LogP contribution is -2.33. The van der Waals surface area contributed by atoms with Gasteiger partial charge in [-0.3, -0.25) is 19.7 Å². The summed E-state index contributed by atoms with van der Waals surface area (Å²) < 4.78 is 28.3. The number of nitro groups is 1. The molecule has 1 aliphatic heterocycles. The van der Waals surface area contributed by atoms with Crippen LogP contribution in [-0.2, 0) is 9.59 Å². The topological polar surface area (TPSA) is 92.6 Å². The van der Waals surface area contributed by atoms with Gasteiger partial charge in [-0.2, -0.15) is 0 Å². The first-order valence-electron chi connectivity index (χ1n) is 9.84. The number of amides is 2. The number of carbonyl (C=O) groups excluding carboxylic acids is 2. The molecular formula is C24H17F2N3O4. The molecule has 3 aromatic rings. The van der Waals surface area contributed by atoms with Crippen molar-refractivity contribution in [1.82, 2.24) is 0 Å². The highest BCUT2D eigenvalue weighted by Crippen LogP contribution is 2.36. The van der Waals surface area contributed by atoms with E-state index in [9.17, 15) is 28.5 Å². The van der Waals surface area contributed by atoms with Crippen LogP contribution in [0.3, 0.4) is 0 Å². The maximum Gasteiger partial charge on any atom is 0.282 e. The standard InChI is InChI=1S/C24H17F2N3O4/c1-13-3-4-14(2)19(11-13)27-22-21(15-5-8-17(9-6-15)29(32)33)23(30)28(24(22)31)20-12-16(25)7-10-18(20)26/h3-12,27H,1-2H3. The minimum absolute atomic E-state index is 0.112. The van der Waals surface area contributed by atoms with Gasteiger partial charge in [-0.1, -0.05) is 12.1 Å². The maximum atomic E-state index is 14.5. The summed E-state index contributed by atoms with van der Waals surface area (Å²) in [6, 6.07) is 13.0. The van der Waals surface area contributed by atoms with Crippen LogP contribution in [0.2, 0.25) is 0 Å². The molecule has 3 aromatic carbocycles. The van der Waals surface area contributed by atoms with Crippen LogP contribution < -0.4 is 10.2 Å². The Morgan fingerprint density at radius 3 is 2.27 bits per heavy atom. The molecule has 4 rings (SSSR count). The maximum absolute atomic E-state index is 14.5. The number of aryl methyl sites for hydroxylation is 2. The second-order valence-corrected chi connectivity index (χ2v) is 7.54. The fourth-order valence-electron chi connectivity index (χ4n) is 3.54. The van der Waals surface area contributed by atoms with Crippen molar-refractivity contribution in [3.8, 4) is 0 Å². The van der Waals surface area contributed by atoms with E-state index in [0.29, 0.717) is 10.6 Å². The molecule has 9 heteroatoms. The zero-order valence-electron chi connectivity index (χ0n) is 17.6. The lowest BCUT2D eigenvalue weighted by molar-refractivity contribution is -0.384. The number of non-ortho nitro benzene ring substituents is 1. The molecule has 166 valence electrons. The number of carbonyl (C=O) groups is 2. The van der Waals surface area contributed by atoms with E-state index in [2.05, 4.69) is 5.32 Å². The number of halogens is 2. The van der Waals surface area contributed by atoms with Gasteiger partial charge in [0.15, 0.2) is 0 Å². The molecular weight excluding hydrogens is 432 g/mol. The van der Waals surface area contributed by atoms with Gasteiger partial charge in [0.1, 0.15) is 17.3 Å². The van der Waals surface area contributed by atoms with E-state index >= 15 is 0 Å². The number of nitrogens with one attached hydrogen (secondary N) is 1. The second-order valence-electron chi connectivity index (χ2n) is 7.54. The van der Waals surface area contributed by atoms with E-state index in [1.54, 1.807) is 13.0 Å². The van der Waals surface area contributed by atoms with Crippen LogP contribution >= 0.6 is 0 Å². The first-order chi connectivity index (χ1) is 15.7. The second kappa shape index (κ2) is 8.27. The summed E-state index contributed by atoms with van der Waals surface area (Å²) in [4.78, 5) is 37.6. The van der Waals surface area contributed by atoms with Crippen molar-refractivity contribution in [2.75, 3.05) is 10.2 Å². The van der Waals surface area contributed by atoms with Crippen molar-refractivity contribution < 1.29 is 23.3 Å². The quantitative estimate of drug-likeness (QED) is 0.340. The van der Waals surface area contributed by atoms with Gasteiger partial charge < -0.3 is 5.32 Å². The number of hydrogen-bond donors (Lipinski definition) is 1. The molecule has 1 aliphatic rings. The third-order valence-electron chi connectivity index (χ3n) is 5.25. The van der Waals surface area contributed by atoms with Gasteiger partial charge in [-0.15, -0.1) is 0 Å². The van der Waals surface area contributed by atoms with E-state index in [0.717, 1.165) is 29.3 Å². The summed E-state index contributed by atoms with van der Waals surface area (Å²) >= 11 is 0. The Labute approximate surface area is 187 Å². The predicted molar refractivity (Wildman–Crippen MR) is 118 cm³/mol. The van der Waals surface area contributed by atoms with Crippen LogP contribution in [0.15, 0.2) is 66.4 Å². The molecule has 0 aliphatic carbocycles. The third kappa shape index (κ3) is 3.96. The Balaban J connectivity index is 1.87. The largest absolute Gasteiger partial charge is 0.350 e. The minimum atomic E-state index is -0.950. The first kappa shape index (κ1) is 21.8. The van der Waals surface area contributed by atoms with Crippen LogP contribution in [0, 0.1) is 35.6 Å². The Morgan fingerprint density at radius 2 is 1.61 bits per heavy atom. The molecule has 0 bridgehead atoms. The van der Waals surface area contributed by atoms with E-state index < -0.39 is 34.1 Å². The first-order valence-corrected chi connectivity index (χ1v) is 9.84. The molecule has 0 fully saturated rings. The van der Waals surface area contributed by atoms with Gasteiger partial charge in [0.2, 0.25) is 0 Å². The summed E-state index contributed by atoms with van der Waals surface area (Å²) in [7, 11) is 0. The van der Waals surface area contributed by atoms with Crippen molar-refractivity contribution in [3.63, 3.8) is 0 Å². The van der Waals surface area contributed by atoms with Gasteiger partial charge in [0, 0.05) is 23.9 Å². The lowest BCUT2D eigenvalue weighted by Gasteiger charge is -2.16. The van der Waals surface area contributed by atoms with Crippen molar-refractivity contribution >= 4 is 34.4 Å². The lowest BCUT2D eigenvalue weighted by atomic mass is 10.0. The van der Waals surface area contributed by atoms with Crippen molar-refractivity contribution in [3.05, 3.63) is 105 Å². The minimum Gasteiger partial charge on any atom is -0.350 e. The summed E-state index contributed by atoms with van der Waals surface area (Å²) in [5, 5.41) is 14.0. The number of nitrogens with zero attached hydrogens (tertiary/aromatic N) is 2. The van der Waals surface area contributed by atoms with Gasteiger partial charge in [-0.05, 0) is 60.9 Å². The number of anilines is 2. The Morgan fingerprint density at radius 1 is 0.909 bits per heavy atom.